The maximum Gasteiger partial charge on any atom is 0.437 e. The predicted octanol–water partition coefficient (Wildman–Crippen LogP) is 0.627. The normalized spacial score (nSPS) is 11.8. The molecular weight excluding hydrogens is 135 g/mol. The fourth-order valence-electron chi connectivity index (χ4n) is 0.183. The average Bonchev–Trinajstić information content (AvgIpc) is 1.59. The van der Waals surface area contributed by atoms with Crippen LogP contribution in [0.4, 0.5) is 3.89 Å². The summed E-state index contributed by atoms with van der Waals surface area (Å²) < 4.78 is 34.0. The minimum absolute atomic E-state index is 0.0845. The Labute approximate surface area is 47.9 Å². The molecule has 0 rings (SSSR count). The first-order valence-electron chi connectivity index (χ1n) is 2.15. The van der Waals surface area contributed by atoms with Gasteiger partial charge >= 0.3 is 10.5 Å². The molecule has 0 aromatic rings. The highest BCUT2D eigenvalue weighted by atomic mass is 32.3. The molecule has 0 aliphatic rings. The van der Waals surface area contributed by atoms with Crippen LogP contribution in [0.3, 0.4) is 0 Å². The molecule has 8 heavy (non-hydrogen) atoms. The van der Waals surface area contributed by atoms with Crippen LogP contribution in [0.2, 0.25) is 0 Å². The molecule has 0 radical (unpaired) electrons. The first-order chi connectivity index (χ1) is 3.56. The van der Waals surface area contributed by atoms with Crippen molar-refractivity contribution < 1.29 is 16.5 Å². The van der Waals surface area contributed by atoms with E-state index in [2.05, 4.69) is 4.18 Å². The van der Waals surface area contributed by atoms with E-state index in [-0.39, 0.29) is 6.61 Å². The third kappa shape index (κ3) is 5.84. The smallest absolute Gasteiger partial charge is 0.245 e. The summed E-state index contributed by atoms with van der Waals surface area (Å²) in [5.74, 6) is 0. The standard InChI is InChI=1S/C3H7FO3S/c1-2-3-7-8(4,5)6/h2-3H2,1H3. The highest BCUT2D eigenvalue weighted by Gasteiger charge is 2.03. The van der Waals surface area contributed by atoms with Crippen molar-refractivity contribution in [1.29, 1.82) is 0 Å². The summed E-state index contributed by atoms with van der Waals surface area (Å²) in [7, 11) is -4.69. The fraction of sp³-hybridized carbons (Fsp3) is 1.00. The Morgan fingerprint density at radius 1 is 1.62 bits per heavy atom. The lowest BCUT2D eigenvalue weighted by Gasteiger charge is -1.90. The maximum absolute atomic E-state index is 11.3. The van der Waals surface area contributed by atoms with Gasteiger partial charge in [0.1, 0.15) is 0 Å². The molecule has 5 heteroatoms. The number of hydrogen-bond donors (Lipinski definition) is 0. The molecule has 0 N–H and O–H groups in total. The molecule has 50 valence electrons. The minimum atomic E-state index is -4.69. The van der Waals surface area contributed by atoms with Crippen molar-refractivity contribution >= 4 is 10.5 Å². The Morgan fingerprint density at radius 2 is 2.12 bits per heavy atom. The molecule has 0 aromatic carbocycles. The number of rotatable bonds is 3. The highest BCUT2D eigenvalue weighted by molar-refractivity contribution is 7.81. The molecule has 3 nitrogen and oxygen atoms in total. The SMILES string of the molecule is CCCOS(=O)(=O)F. The van der Waals surface area contributed by atoms with Gasteiger partial charge in [-0.25, -0.2) is 4.18 Å². The topological polar surface area (TPSA) is 43.4 Å². The van der Waals surface area contributed by atoms with Gasteiger partial charge in [0.25, 0.3) is 0 Å². The molecule has 0 bridgehead atoms. The molecule has 0 amide bonds. The molecule has 0 saturated carbocycles. The average molecular weight is 142 g/mol. The van der Waals surface area contributed by atoms with Crippen molar-refractivity contribution in [2.24, 2.45) is 0 Å². The van der Waals surface area contributed by atoms with Crippen molar-refractivity contribution in [1.82, 2.24) is 0 Å². The molecule has 0 aromatic heterocycles. The number of halogens is 1. The van der Waals surface area contributed by atoms with Crippen LogP contribution < -0.4 is 0 Å². The Morgan fingerprint density at radius 3 is 2.25 bits per heavy atom. The monoisotopic (exact) mass is 142 g/mol. The zero-order chi connectivity index (χ0) is 6.62. The third-order valence-electron chi connectivity index (χ3n) is 0.428. The van der Waals surface area contributed by atoms with E-state index < -0.39 is 10.5 Å². The molecule has 0 spiro atoms. The Bertz CT molecular complexity index is 139. The second-order valence-electron chi connectivity index (χ2n) is 1.22. The Kier molecular flexibility index (Phi) is 2.93. The second kappa shape index (κ2) is 2.99. The molecule has 0 unspecified atom stereocenters. The summed E-state index contributed by atoms with van der Waals surface area (Å²) in [5, 5.41) is 0. The summed E-state index contributed by atoms with van der Waals surface area (Å²) in [6.07, 6.45) is 0.489. The van der Waals surface area contributed by atoms with Crippen LogP contribution in [0.15, 0.2) is 0 Å². The van der Waals surface area contributed by atoms with Gasteiger partial charge in [0.15, 0.2) is 0 Å². The van der Waals surface area contributed by atoms with Gasteiger partial charge in [0, 0.05) is 0 Å². The van der Waals surface area contributed by atoms with Crippen LogP contribution >= 0.6 is 0 Å². The van der Waals surface area contributed by atoms with Gasteiger partial charge in [-0.15, -0.1) is 0 Å². The van der Waals surface area contributed by atoms with Gasteiger partial charge in [-0.1, -0.05) is 10.8 Å². The lowest BCUT2D eigenvalue weighted by Crippen LogP contribution is -1.98. The number of hydrogen-bond acceptors (Lipinski definition) is 3. The highest BCUT2D eigenvalue weighted by Crippen LogP contribution is 1.93. The molecule has 0 heterocycles. The quantitative estimate of drug-likeness (QED) is 0.543. The van der Waals surface area contributed by atoms with Crippen molar-refractivity contribution in [2.75, 3.05) is 6.61 Å². The fourth-order valence-corrected chi connectivity index (χ4v) is 0.549. The molecular formula is C3H7FO3S. The molecule has 0 atom stereocenters. The Balaban J connectivity index is 3.42. The third-order valence-corrected chi connectivity index (χ3v) is 0.876. The van der Waals surface area contributed by atoms with E-state index in [9.17, 15) is 12.3 Å². The van der Waals surface area contributed by atoms with Crippen LogP contribution in [0.1, 0.15) is 13.3 Å². The van der Waals surface area contributed by atoms with Crippen molar-refractivity contribution in [3.8, 4) is 0 Å². The van der Waals surface area contributed by atoms with E-state index in [0.717, 1.165) is 0 Å². The van der Waals surface area contributed by atoms with Crippen LogP contribution in [-0.2, 0) is 14.7 Å². The van der Waals surface area contributed by atoms with Crippen LogP contribution in [-0.4, -0.2) is 15.0 Å². The summed E-state index contributed by atoms with van der Waals surface area (Å²) in [6, 6.07) is 0. The minimum Gasteiger partial charge on any atom is -0.245 e. The van der Waals surface area contributed by atoms with Gasteiger partial charge in [0.2, 0.25) is 0 Å². The van der Waals surface area contributed by atoms with E-state index in [0.29, 0.717) is 6.42 Å². The van der Waals surface area contributed by atoms with E-state index in [1.54, 1.807) is 6.92 Å². The molecule has 0 aliphatic heterocycles. The van der Waals surface area contributed by atoms with Gasteiger partial charge in [-0.3, -0.25) is 0 Å². The van der Waals surface area contributed by atoms with Gasteiger partial charge < -0.3 is 0 Å². The molecule has 0 fully saturated rings. The Hall–Kier alpha value is -0.160. The second-order valence-corrected chi connectivity index (χ2v) is 2.24. The van der Waals surface area contributed by atoms with Crippen LogP contribution in [0.5, 0.6) is 0 Å². The van der Waals surface area contributed by atoms with E-state index in [1.165, 1.54) is 0 Å². The van der Waals surface area contributed by atoms with Crippen LogP contribution in [0.25, 0.3) is 0 Å². The largest absolute Gasteiger partial charge is 0.437 e. The van der Waals surface area contributed by atoms with Crippen LogP contribution in [0, 0.1) is 0 Å². The van der Waals surface area contributed by atoms with Crippen molar-refractivity contribution in [3.63, 3.8) is 0 Å². The molecule has 0 aliphatic carbocycles. The van der Waals surface area contributed by atoms with Gasteiger partial charge in [0.05, 0.1) is 6.61 Å². The predicted molar refractivity (Wildman–Crippen MR) is 26.3 cm³/mol. The van der Waals surface area contributed by atoms with Crippen molar-refractivity contribution in [3.05, 3.63) is 0 Å². The van der Waals surface area contributed by atoms with E-state index >= 15 is 0 Å². The van der Waals surface area contributed by atoms with Gasteiger partial charge in [-0.05, 0) is 6.42 Å². The summed E-state index contributed by atoms with van der Waals surface area (Å²) in [4.78, 5) is 0. The summed E-state index contributed by atoms with van der Waals surface area (Å²) in [5.41, 5.74) is 0. The van der Waals surface area contributed by atoms with E-state index in [4.69, 9.17) is 0 Å². The molecule has 0 saturated heterocycles. The zero-order valence-electron chi connectivity index (χ0n) is 4.43. The lowest BCUT2D eigenvalue weighted by molar-refractivity contribution is 0.294. The first kappa shape index (κ1) is 7.84. The van der Waals surface area contributed by atoms with E-state index in [1.807, 2.05) is 0 Å². The summed E-state index contributed by atoms with van der Waals surface area (Å²) >= 11 is 0. The van der Waals surface area contributed by atoms with Crippen molar-refractivity contribution in [2.45, 2.75) is 13.3 Å². The zero-order valence-corrected chi connectivity index (χ0v) is 5.24. The lowest BCUT2D eigenvalue weighted by atomic mass is 10.5. The summed E-state index contributed by atoms with van der Waals surface area (Å²) in [6.45, 7) is 1.60. The van der Waals surface area contributed by atoms with Gasteiger partial charge in [-0.2, -0.15) is 8.42 Å². The first-order valence-corrected chi connectivity index (χ1v) is 3.46. The maximum atomic E-state index is 11.3.